The van der Waals surface area contributed by atoms with Gasteiger partial charge < -0.3 is 9.64 Å². The Morgan fingerprint density at radius 2 is 2.07 bits per heavy atom. The summed E-state index contributed by atoms with van der Waals surface area (Å²) in [6, 6.07) is 8.04. The summed E-state index contributed by atoms with van der Waals surface area (Å²) >= 11 is 0. The summed E-state index contributed by atoms with van der Waals surface area (Å²) in [5, 5.41) is 0. The Kier molecular flexibility index (Phi) is 2.68. The number of hydrogen-bond acceptors (Lipinski definition) is 3. The first-order valence-corrected chi connectivity index (χ1v) is 4.81. The van der Waals surface area contributed by atoms with E-state index in [1.54, 1.807) is 7.11 Å². The third kappa shape index (κ3) is 1.87. The molecule has 3 heteroatoms. The van der Waals surface area contributed by atoms with Gasteiger partial charge in [-0.15, -0.1) is 0 Å². The molecule has 3 nitrogen and oxygen atoms in total. The molecular weight excluding hydrogens is 176 g/mol. The zero-order valence-corrected chi connectivity index (χ0v) is 8.31. The maximum atomic E-state index is 5.10. The lowest BCUT2D eigenvalue weighted by Gasteiger charge is -2.22. The largest absolute Gasteiger partial charge is 0.497 e. The molecule has 0 saturated heterocycles. The van der Waals surface area contributed by atoms with E-state index in [9.17, 15) is 0 Å². The van der Waals surface area contributed by atoms with Crippen LogP contribution in [0.5, 0.6) is 5.75 Å². The highest BCUT2D eigenvalue weighted by Gasteiger charge is 2.06. The van der Waals surface area contributed by atoms with Crippen molar-refractivity contribution in [2.24, 2.45) is 4.99 Å². The first kappa shape index (κ1) is 9.06. The van der Waals surface area contributed by atoms with Crippen LogP contribution in [0, 0.1) is 0 Å². The molecule has 1 heterocycles. The van der Waals surface area contributed by atoms with Crippen molar-refractivity contribution in [3.05, 3.63) is 24.3 Å². The van der Waals surface area contributed by atoms with Gasteiger partial charge in [0.25, 0.3) is 0 Å². The van der Waals surface area contributed by atoms with Crippen LogP contribution in [-0.4, -0.2) is 26.5 Å². The van der Waals surface area contributed by atoms with Crippen molar-refractivity contribution in [1.82, 2.24) is 0 Å². The molecule has 0 aromatic heterocycles. The summed E-state index contributed by atoms with van der Waals surface area (Å²) in [6.07, 6.45) is 3.04. The third-order valence-corrected chi connectivity index (χ3v) is 2.31. The number of anilines is 1. The van der Waals surface area contributed by atoms with Crippen molar-refractivity contribution in [3.8, 4) is 5.75 Å². The van der Waals surface area contributed by atoms with Gasteiger partial charge in [0.2, 0.25) is 0 Å². The van der Waals surface area contributed by atoms with E-state index in [0.29, 0.717) is 0 Å². The highest BCUT2D eigenvalue weighted by Crippen LogP contribution is 2.19. The summed E-state index contributed by atoms with van der Waals surface area (Å²) in [4.78, 5) is 6.40. The van der Waals surface area contributed by atoms with Crippen molar-refractivity contribution < 1.29 is 4.74 Å². The summed E-state index contributed by atoms with van der Waals surface area (Å²) in [6.45, 7) is 2.00. The zero-order chi connectivity index (χ0) is 9.80. The van der Waals surface area contributed by atoms with Crippen LogP contribution in [-0.2, 0) is 0 Å². The Morgan fingerprint density at radius 3 is 2.64 bits per heavy atom. The average molecular weight is 190 g/mol. The average Bonchev–Trinajstić information content (AvgIpc) is 2.30. The Bertz CT molecular complexity index is 319. The molecular formula is C11H14N2O. The normalized spacial score (nSPS) is 15.6. The van der Waals surface area contributed by atoms with Gasteiger partial charge in [0.05, 0.1) is 13.4 Å². The monoisotopic (exact) mass is 190 g/mol. The van der Waals surface area contributed by atoms with E-state index in [2.05, 4.69) is 22.0 Å². The highest BCUT2D eigenvalue weighted by molar-refractivity contribution is 5.79. The lowest BCUT2D eigenvalue weighted by molar-refractivity contribution is 0.415. The fourth-order valence-corrected chi connectivity index (χ4v) is 1.52. The molecule has 0 bridgehead atoms. The summed E-state index contributed by atoms with van der Waals surface area (Å²) < 4.78 is 5.10. The lowest BCUT2D eigenvalue weighted by atomic mass is 10.2. The van der Waals surface area contributed by atoms with Crippen molar-refractivity contribution >= 4 is 12.0 Å². The van der Waals surface area contributed by atoms with Crippen LogP contribution in [0.25, 0.3) is 0 Å². The number of hydrogen-bond donors (Lipinski definition) is 0. The van der Waals surface area contributed by atoms with Crippen LogP contribution >= 0.6 is 0 Å². The van der Waals surface area contributed by atoms with Crippen molar-refractivity contribution in [1.29, 1.82) is 0 Å². The fourth-order valence-electron chi connectivity index (χ4n) is 1.52. The number of benzene rings is 1. The lowest BCUT2D eigenvalue weighted by Crippen LogP contribution is -2.26. The number of rotatable bonds is 2. The minimum absolute atomic E-state index is 0.891. The maximum absolute atomic E-state index is 5.10. The van der Waals surface area contributed by atoms with Crippen LogP contribution in [0.1, 0.15) is 6.42 Å². The van der Waals surface area contributed by atoms with Crippen molar-refractivity contribution in [2.75, 3.05) is 25.1 Å². The second kappa shape index (κ2) is 4.13. The Hall–Kier alpha value is -1.51. The minimum atomic E-state index is 0.891. The molecule has 0 spiro atoms. The fraction of sp³-hybridized carbons (Fsp3) is 0.364. The van der Waals surface area contributed by atoms with E-state index in [4.69, 9.17) is 4.74 Å². The molecule has 14 heavy (non-hydrogen) atoms. The van der Waals surface area contributed by atoms with E-state index in [1.807, 2.05) is 18.5 Å². The number of ether oxygens (including phenoxy) is 1. The number of nitrogens with zero attached hydrogens (tertiary/aromatic N) is 2. The quantitative estimate of drug-likeness (QED) is 0.712. The van der Waals surface area contributed by atoms with Gasteiger partial charge in [-0.1, -0.05) is 0 Å². The molecule has 1 aliphatic rings. The van der Waals surface area contributed by atoms with Crippen LogP contribution in [0.4, 0.5) is 5.69 Å². The Labute approximate surface area is 84.0 Å². The molecule has 0 N–H and O–H groups in total. The summed E-state index contributed by atoms with van der Waals surface area (Å²) in [7, 11) is 1.68. The van der Waals surface area contributed by atoms with Gasteiger partial charge in [-0.05, 0) is 30.7 Å². The first-order chi connectivity index (χ1) is 6.90. The predicted octanol–water partition coefficient (Wildman–Crippen LogP) is 1.93. The molecule has 0 radical (unpaired) electrons. The second-order valence-electron chi connectivity index (χ2n) is 3.27. The maximum Gasteiger partial charge on any atom is 0.119 e. The predicted molar refractivity (Wildman–Crippen MR) is 58.3 cm³/mol. The number of methoxy groups -OCH3 is 1. The molecule has 74 valence electrons. The molecule has 0 unspecified atom stereocenters. The summed E-state index contributed by atoms with van der Waals surface area (Å²) in [5.41, 5.74) is 1.18. The van der Waals surface area contributed by atoms with Gasteiger partial charge in [-0.25, -0.2) is 0 Å². The Morgan fingerprint density at radius 1 is 1.29 bits per heavy atom. The van der Waals surface area contributed by atoms with Gasteiger partial charge in [0, 0.05) is 18.8 Å². The number of aliphatic imine (C=N–C) groups is 1. The molecule has 2 rings (SSSR count). The Balaban J connectivity index is 2.15. The SMILES string of the molecule is COc1ccc(N2C=NCCC2)cc1. The standard InChI is InChI=1S/C11H14N2O/c1-14-11-5-3-10(4-6-11)13-8-2-7-12-9-13/h3-6,9H,2,7-8H2,1H3. The van der Waals surface area contributed by atoms with E-state index in [1.165, 1.54) is 5.69 Å². The van der Waals surface area contributed by atoms with Crippen molar-refractivity contribution in [2.45, 2.75) is 6.42 Å². The van der Waals surface area contributed by atoms with Crippen LogP contribution in [0.3, 0.4) is 0 Å². The molecule has 1 aromatic carbocycles. The van der Waals surface area contributed by atoms with Gasteiger partial charge >= 0.3 is 0 Å². The van der Waals surface area contributed by atoms with Gasteiger partial charge in [-0.3, -0.25) is 4.99 Å². The molecule has 0 aliphatic carbocycles. The molecule has 1 aliphatic heterocycles. The topological polar surface area (TPSA) is 24.8 Å². The van der Waals surface area contributed by atoms with E-state index < -0.39 is 0 Å². The molecule has 0 fully saturated rings. The molecule has 0 amide bonds. The smallest absolute Gasteiger partial charge is 0.119 e. The minimum Gasteiger partial charge on any atom is -0.497 e. The molecule has 0 saturated carbocycles. The van der Waals surface area contributed by atoms with Gasteiger partial charge in [0.15, 0.2) is 0 Å². The van der Waals surface area contributed by atoms with Crippen LogP contribution < -0.4 is 9.64 Å². The van der Waals surface area contributed by atoms with E-state index in [-0.39, 0.29) is 0 Å². The highest BCUT2D eigenvalue weighted by atomic mass is 16.5. The molecule has 0 atom stereocenters. The second-order valence-corrected chi connectivity index (χ2v) is 3.27. The van der Waals surface area contributed by atoms with E-state index >= 15 is 0 Å². The van der Waals surface area contributed by atoms with Gasteiger partial charge in [-0.2, -0.15) is 0 Å². The van der Waals surface area contributed by atoms with E-state index in [0.717, 1.165) is 25.3 Å². The van der Waals surface area contributed by atoms with Crippen LogP contribution in [0.2, 0.25) is 0 Å². The zero-order valence-electron chi connectivity index (χ0n) is 8.31. The first-order valence-electron chi connectivity index (χ1n) is 4.81. The third-order valence-electron chi connectivity index (χ3n) is 2.31. The molecule has 1 aromatic rings. The van der Waals surface area contributed by atoms with Crippen molar-refractivity contribution in [3.63, 3.8) is 0 Å². The summed E-state index contributed by atoms with van der Waals surface area (Å²) in [5.74, 6) is 0.891. The van der Waals surface area contributed by atoms with Crippen LogP contribution in [0.15, 0.2) is 29.3 Å². The van der Waals surface area contributed by atoms with Gasteiger partial charge in [0.1, 0.15) is 5.75 Å².